The number of fused-ring (bicyclic) bond motifs is 1. The zero-order valence-corrected chi connectivity index (χ0v) is 16.0. The first-order valence-corrected chi connectivity index (χ1v) is 9.28. The highest BCUT2D eigenvalue weighted by Gasteiger charge is 2.20. The summed E-state index contributed by atoms with van der Waals surface area (Å²) in [5.74, 6) is 0.0810. The summed E-state index contributed by atoms with van der Waals surface area (Å²) in [6, 6.07) is 13.1. The van der Waals surface area contributed by atoms with Gasteiger partial charge in [-0.1, -0.05) is 24.8 Å². The molecular formula is C22H21N5O2. The average Bonchev–Trinajstić information content (AvgIpc) is 3.02. The maximum atomic E-state index is 12.0. The first kappa shape index (κ1) is 18.5. The van der Waals surface area contributed by atoms with Crippen LogP contribution < -0.4 is 16.4 Å². The molecule has 7 heteroatoms. The van der Waals surface area contributed by atoms with E-state index in [9.17, 15) is 9.59 Å². The third-order valence-electron chi connectivity index (χ3n) is 5.01. The summed E-state index contributed by atoms with van der Waals surface area (Å²) in [7, 11) is 0. The van der Waals surface area contributed by atoms with Crippen LogP contribution >= 0.6 is 0 Å². The number of carbonyl (C=O) groups excluding carboxylic acids is 2. The predicted octanol–water partition coefficient (Wildman–Crippen LogP) is 2.84. The molecule has 2 amide bonds. The Bertz CT molecular complexity index is 1150. The Balaban J connectivity index is 1.74. The number of nitrogens with one attached hydrogen (secondary N) is 2. The Hall–Kier alpha value is -3.87. The molecule has 0 unspecified atom stereocenters. The fraction of sp³-hybridized carbons (Fsp3) is 0.136. The maximum Gasteiger partial charge on any atom is 0.251 e. The van der Waals surface area contributed by atoms with Crippen molar-refractivity contribution in [2.75, 3.05) is 17.6 Å². The van der Waals surface area contributed by atoms with Crippen LogP contribution in [0.4, 0.5) is 11.5 Å². The van der Waals surface area contributed by atoms with E-state index in [-0.39, 0.29) is 11.8 Å². The van der Waals surface area contributed by atoms with Gasteiger partial charge in [0, 0.05) is 23.4 Å². The van der Waals surface area contributed by atoms with Crippen LogP contribution in [0.25, 0.3) is 16.8 Å². The van der Waals surface area contributed by atoms with E-state index >= 15 is 0 Å². The van der Waals surface area contributed by atoms with Gasteiger partial charge in [0.05, 0.1) is 11.4 Å². The number of benzene rings is 2. The third-order valence-corrected chi connectivity index (χ3v) is 5.01. The molecule has 0 saturated heterocycles. The van der Waals surface area contributed by atoms with Gasteiger partial charge >= 0.3 is 0 Å². The van der Waals surface area contributed by atoms with Crippen LogP contribution in [-0.2, 0) is 11.2 Å². The number of amides is 2. The van der Waals surface area contributed by atoms with Crippen molar-refractivity contribution in [3.05, 3.63) is 71.9 Å². The third kappa shape index (κ3) is 3.38. The van der Waals surface area contributed by atoms with Gasteiger partial charge < -0.3 is 16.4 Å². The molecule has 0 fully saturated rings. The molecule has 0 bridgehead atoms. The van der Waals surface area contributed by atoms with Crippen molar-refractivity contribution < 1.29 is 9.59 Å². The Labute approximate surface area is 168 Å². The zero-order valence-electron chi connectivity index (χ0n) is 16.0. The number of nitrogen functional groups attached to an aromatic ring is 1. The molecule has 0 spiro atoms. The summed E-state index contributed by atoms with van der Waals surface area (Å²) in [5.41, 5.74) is 12.0. The van der Waals surface area contributed by atoms with Crippen LogP contribution in [0.3, 0.4) is 0 Å². The SMILES string of the molecule is C=CC(=O)Nc1cccc(-n2nc(N)c(-c3ccc4c(c3)CCNC4=O)c2C)c1. The molecule has 29 heavy (non-hydrogen) atoms. The summed E-state index contributed by atoms with van der Waals surface area (Å²) >= 11 is 0. The van der Waals surface area contributed by atoms with Crippen molar-refractivity contribution in [2.45, 2.75) is 13.3 Å². The number of hydrogen-bond acceptors (Lipinski definition) is 4. The lowest BCUT2D eigenvalue weighted by atomic mass is 9.95. The number of nitrogens with zero attached hydrogens (tertiary/aromatic N) is 2. The highest BCUT2D eigenvalue weighted by molar-refractivity contribution is 5.99. The monoisotopic (exact) mass is 387 g/mol. The molecule has 1 aromatic heterocycles. The van der Waals surface area contributed by atoms with E-state index in [1.807, 2.05) is 43.3 Å². The minimum Gasteiger partial charge on any atom is -0.382 e. The van der Waals surface area contributed by atoms with E-state index in [2.05, 4.69) is 22.3 Å². The van der Waals surface area contributed by atoms with Gasteiger partial charge in [0.1, 0.15) is 0 Å². The number of anilines is 2. The molecule has 4 N–H and O–H groups in total. The second-order valence-corrected chi connectivity index (χ2v) is 6.88. The molecule has 2 heterocycles. The van der Waals surface area contributed by atoms with Gasteiger partial charge in [-0.05, 0) is 54.8 Å². The summed E-state index contributed by atoms with van der Waals surface area (Å²) < 4.78 is 1.75. The standard InChI is InChI=1S/C22H21N5O2/c1-3-19(28)25-16-5-4-6-17(12-16)27-13(2)20(21(23)26-27)15-7-8-18-14(11-15)9-10-24-22(18)29/h3-8,11-12H,1,9-10H2,2H3,(H2,23,26)(H,24,29)(H,25,28). The first-order valence-electron chi connectivity index (χ1n) is 9.28. The number of rotatable bonds is 4. The molecule has 0 saturated carbocycles. The smallest absolute Gasteiger partial charge is 0.251 e. The normalized spacial score (nSPS) is 12.8. The van der Waals surface area contributed by atoms with E-state index in [1.54, 1.807) is 10.7 Å². The van der Waals surface area contributed by atoms with Gasteiger partial charge in [-0.2, -0.15) is 0 Å². The number of aromatic nitrogens is 2. The van der Waals surface area contributed by atoms with Gasteiger partial charge in [-0.25, -0.2) is 4.68 Å². The van der Waals surface area contributed by atoms with Gasteiger partial charge in [0.15, 0.2) is 5.82 Å². The highest BCUT2D eigenvalue weighted by Crippen LogP contribution is 2.33. The van der Waals surface area contributed by atoms with Crippen LogP contribution in [0, 0.1) is 6.92 Å². The summed E-state index contributed by atoms with van der Waals surface area (Å²) in [4.78, 5) is 23.6. The molecule has 0 aliphatic carbocycles. The summed E-state index contributed by atoms with van der Waals surface area (Å²) in [6.45, 7) is 6.04. The molecule has 1 aliphatic rings. The van der Waals surface area contributed by atoms with Crippen molar-refractivity contribution >= 4 is 23.3 Å². The Kier molecular flexibility index (Phi) is 4.64. The lowest BCUT2D eigenvalue weighted by molar-refractivity contribution is -0.111. The van der Waals surface area contributed by atoms with Crippen LogP contribution in [0.1, 0.15) is 21.6 Å². The van der Waals surface area contributed by atoms with Crippen molar-refractivity contribution in [3.63, 3.8) is 0 Å². The van der Waals surface area contributed by atoms with E-state index < -0.39 is 0 Å². The van der Waals surface area contributed by atoms with E-state index in [0.717, 1.165) is 34.5 Å². The second-order valence-electron chi connectivity index (χ2n) is 6.88. The van der Waals surface area contributed by atoms with Crippen molar-refractivity contribution in [3.8, 4) is 16.8 Å². The van der Waals surface area contributed by atoms with Gasteiger partial charge in [0.25, 0.3) is 5.91 Å². The lowest BCUT2D eigenvalue weighted by Crippen LogP contribution is -2.31. The maximum absolute atomic E-state index is 12.0. The van der Waals surface area contributed by atoms with Gasteiger partial charge in [0.2, 0.25) is 5.91 Å². The predicted molar refractivity (Wildman–Crippen MR) is 113 cm³/mol. The molecule has 0 atom stereocenters. The fourth-order valence-corrected chi connectivity index (χ4v) is 3.62. The molecule has 2 aromatic carbocycles. The second kappa shape index (κ2) is 7.27. The topological polar surface area (TPSA) is 102 Å². The largest absolute Gasteiger partial charge is 0.382 e. The van der Waals surface area contributed by atoms with Crippen LogP contribution in [-0.4, -0.2) is 28.1 Å². The molecule has 3 aromatic rings. The minimum atomic E-state index is -0.280. The van der Waals surface area contributed by atoms with E-state index in [1.165, 1.54) is 6.08 Å². The first-order chi connectivity index (χ1) is 14.0. The summed E-state index contributed by atoms with van der Waals surface area (Å²) in [6.07, 6.45) is 2.01. The molecule has 4 rings (SSSR count). The molecule has 1 aliphatic heterocycles. The van der Waals surface area contributed by atoms with Crippen LogP contribution in [0.15, 0.2) is 55.1 Å². The highest BCUT2D eigenvalue weighted by atomic mass is 16.2. The number of nitrogens with two attached hydrogens (primary N) is 1. The quantitative estimate of drug-likeness (QED) is 0.599. The zero-order chi connectivity index (χ0) is 20.5. The van der Waals surface area contributed by atoms with Crippen molar-refractivity contribution in [1.29, 1.82) is 0 Å². The summed E-state index contributed by atoms with van der Waals surface area (Å²) in [5, 5.41) is 10.1. The lowest BCUT2D eigenvalue weighted by Gasteiger charge is -2.17. The number of hydrogen-bond donors (Lipinski definition) is 3. The van der Waals surface area contributed by atoms with E-state index in [0.29, 0.717) is 23.6 Å². The van der Waals surface area contributed by atoms with Gasteiger partial charge in [-0.3, -0.25) is 9.59 Å². The van der Waals surface area contributed by atoms with Crippen LogP contribution in [0.2, 0.25) is 0 Å². The minimum absolute atomic E-state index is 0.0448. The fourth-order valence-electron chi connectivity index (χ4n) is 3.62. The van der Waals surface area contributed by atoms with Crippen LogP contribution in [0.5, 0.6) is 0 Å². The molecule has 7 nitrogen and oxygen atoms in total. The Morgan fingerprint density at radius 3 is 2.93 bits per heavy atom. The molecule has 0 radical (unpaired) electrons. The Morgan fingerprint density at radius 2 is 2.14 bits per heavy atom. The van der Waals surface area contributed by atoms with Crippen molar-refractivity contribution in [2.24, 2.45) is 0 Å². The average molecular weight is 387 g/mol. The molecular weight excluding hydrogens is 366 g/mol. The molecule has 146 valence electrons. The van der Waals surface area contributed by atoms with Gasteiger partial charge in [-0.15, -0.1) is 5.10 Å². The Morgan fingerprint density at radius 1 is 1.31 bits per heavy atom. The van der Waals surface area contributed by atoms with Crippen molar-refractivity contribution in [1.82, 2.24) is 15.1 Å². The van der Waals surface area contributed by atoms with E-state index in [4.69, 9.17) is 5.73 Å². The number of carbonyl (C=O) groups is 2.